The van der Waals surface area contributed by atoms with Crippen LogP contribution in [0.1, 0.15) is 86.6 Å². The fourth-order valence-corrected chi connectivity index (χ4v) is 6.64. The number of benzene rings is 2. The molecule has 2 aromatic carbocycles. The topological polar surface area (TPSA) is 52.0 Å². The number of nitriles is 1. The predicted molar refractivity (Wildman–Crippen MR) is 152 cm³/mol. The van der Waals surface area contributed by atoms with E-state index in [4.69, 9.17) is 0 Å². The zero-order chi connectivity index (χ0) is 27.9. The standard InChI is InChI=1S/C33H37F3N4/c1-22-26-9-7-10-29(30(26)34)33(35,36)18-23-19-40(20-23)15-6-4-2-3-5-8-24-16-25(32(21-37)12-13-32)17-28-27(24)11-14-38-31(28)39-22/h7,9-11,14,16-17,22-23H,2-6,8,12-13,15,18-20H2,1H3,(H,38,39)/t22-/m1/s1. The van der Waals surface area contributed by atoms with Gasteiger partial charge >= 0.3 is 0 Å². The second-order valence-corrected chi connectivity index (χ2v) is 12.2. The van der Waals surface area contributed by atoms with Crippen molar-refractivity contribution < 1.29 is 13.2 Å². The fourth-order valence-electron chi connectivity index (χ4n) is 6.64. The van der Waals surface area contributed by atoms with Crippen molar-refractivity contribution in [2.45, 2.75) is 82.1 Å². The number of nitrogens with zero attached hydrogens (tertiary/aromatic N) is 3. The first-order valence-electron chi connectivity index (χ1n) is 14.8. The molecule has 8 bridgehead atoms. The molecule has 40 heavy (non-hydrogen) atoms. The van der Waals surface area contributed by atoms with Crippen LogP contribution in [0, 0.1) is 23.1 Å². The first-order valence-corrected chi connectivity index (χ1v) is 14.8. The molecule has 4 aliphatic rings. The third-order valence-electron chi connectivity index (χ3n) is 9.22. The van der Waals surface area contributed by atoms with Gasteiger partial charge in [-0.1, -0.05) is 43.5 Å². The molecule has 7 heteroatoms. The van der Waals surface area contributed by atoms with Crippen molar-refractivity contribution in [3.63, 3.8) is 0 Å². The normalized spacial score (nSPS) is 26.1. The van der Waals surface area contributed by atoms with Gasteiger partial charge < -0.3 is 10.2 Å². The highest BCUT2D eigenvalue weighted by Gasteiger charge is 2.45. The smallest absolute Gasteiger partial charge is 0.276 e. The first-order chi connectivity index (χ1) is 19.3. The van der Waals surface area contributed by atoms with Gasteiger partial charge in [0.1, 0.15) is 11.6 Å². The first kappa shape index (κ1) is 27.1. The van der Waals surface area contributed by atoms with Crippen LogP contribution in [0.15, 0.2) is 42.6 Å². The lowest BCUT2D eigenvalue weighted by molar-refractivity contribution is -0.0592. The number of hydrogen-bond acceptors (Lipinski definition) is 4. The molecule has 1 saturated heterocycles. The van der Waals surface area contributed by atoms with Gasteiger partial charge in [-0.25, -0.2) is 18.2 Å². The summed E-state index contributed by atoms with van der Waals surface area (Å²) in [4.78, 5) is 6.84. The summed E-state index contributed by atoms with van der Waals surface area (Å²) < 4.78 is 46.5. The molecule has 2 fully saturated rings. The van der Waals surface area contributed by atoms with Crippen LogP contribution >= 0.6 is 0 Å². The molecule has 0 amide bonds. The molecule has 1 saturated carbocycles. The number of alkyl halides is 2. The zero-order valence-corrected chi connectivity index (χ0v) is 23.2. The highest BCUT2D eigenvalue weighted by molar-refractivity contribution is 5.95. The second-order valence-electron chi connectivity index (χ2n) is 12.2. The van der Waals surface area contributed by atoms with Crippen molar-refractivity contribution in [2.24, 2.45) is 5.92 Å². The van der Waals surface area contributed by atoms with Gasteiger partial charge in [-0.15, -0.1) is 0 Å². The van der Waals surface area contributed by atoms with E-state index in [9.17, 15) is 5.26 Å². The Morgan fingerprint density at radius 2 is 1.80 bits per heavy atom. The molecule has 7 rings (SSSR count). The van der Waals surface area contributed by atoms with E-state index in [-0.39, 0.29) is 17.9 Å². The molecule has 4 heterocycles. The quantitative estimate of drug-likeness (QED) is 0.336. The van der Waals surface area contributed by atoms with Crippen LogP contribution in [0.3, 0.4) is 0 Å². The van der Waals surface area contributed by atoms with Gasteiger partial charge in [0.15, 0.2) is 0 Å². The summed E-state index contributed by atoms with van der Waals surface area (Å²) in [7, 11) is 0. The Hall–Kier alpha value is -3.11. The number of halogens is 3. The van der Waals surface area contributed by atoms with Crippen LogP contribution in [0.4, 0.5) is 19.0 Å². The molecule has 210 valence electrons. The molecule has 3 aromatic rings. The van der Waals surface area contributed by atoms with E-state index in [2.05, 4.69) is 33.4 Å². The molecule has 0 unspecified atom stereocenters. The molecule has 1 aliphatic carbocycles. The van der Waals surface area contributed by atoms with E-state index in [0.29, 0.717) is 18.9 Å². The maximum Gasteiger partial charge on any atom is 0.276 e. The van der Waals surface area contributed by atoms with E-state index < -0.39 is 28.8 Å². The Bertz CT molecular complexity index is 1440. The highest BCUT2D eigenvalue weighted by atomic mass is 19.3. The van der Waals surface area contributed by atoms with E-state index in [1.54, 1.807) is 19.2 Å². The number of rotatable bonds is 1. The summed E-state index contributed by atoms with van der Waals surface area (Å²) in [5, 5.41) is 15.2. The second kappa shape index (κ2) is 10.7. The van der Waals surface area contributed by atoms with E-state index in [1.165, 1.54) is 17.7 Å². The van der Waals surface area contributed by atoms with Gasteiger partial charge in [-0.3, -0.25) is 0 Å². The maximum atomic E-state index is 15.7. The van der Waals surface area contributed by atoms with Crippen LogP contribution in [-0.4, -0.2) is 29.5 Å². The summed E-state index contributed by atoms with van der Waals surface area (Å²) in [6, 6.07) is 12.5. The summed E-state index contributed by atoms with van der Waals surface area (Å²) in [5.74, 6) is -3.61. The minimum Gasteiger partial charge on any atom is -0.363 e. The summed E-state index contributed by atoms with van der Waals surface area (Å²) in [6.07, 6.45) is 9.57. The number of aryl methyl sites for hydroxylation is 1. The average Bonchev–Trinajstić information content (AvgIpc) is 3.72. The summed E-state index contributed by atoms with van der Waals surface area (Å²) in [5.41, 5.74) is 1.45. The molecule has 3 aliphatic heterocycles. The van der Waals surface area contributed by atoms with Crippen molar-refractivity contribution in [1.29, 1.82) is 5.26 Å². The number of hydrogen-bond donors (Lipinski definition) is 1. The third-order valence-corrected chi connectivity index (χ3v) is 9.22. The van der Waals surface area contributed by atoms with Gasteiger partial charge in [0.05, 0.1) is 23.1 Å². The van der Waals surface area contributed by atoms with Gasteiger partial charge in [-0.2, -0.15) is 5.26 Å². The van der Waals surface area contributed by atoms with Crippen LogP contribution in [0.2, 0.25) is 0 Å². The molecule has 1 N–H and O–H groups in total. The van der Waals surface area contributed by atoms with E-state index in [1.807, 2.05) is 6.07 Å². The molecule has 1 atom stereocenters. The van der Waals surface area contributed by atoms with Gasteiger partial charge in [0, 0.05) is 36.7 Å². The van der Waals surface area contributed by atoms with Crippen LogP contribution in [0.25, 0.3) is 10.8 Å². The highest BCUT2D eigenvalue weighted by Crippen LogP contribution is 2.49. The zero-order valence-electron chi connectivity index (χ0n) is 23.2. The predicted octanol–water partition coefficient (Wildman–Crippen LogP) is 8.02. The van der Waals surface area contributed by atoms with Crippen molar-refractivity contribution >= 4 is 16.6 Å². The number of fused-ring (bicyclic) bond motifs is 8. The average molecular weight is 547 g/mol. The lowest BCUT2D eigenvalue weighted by atomic mass is 9.88. The van der Waals surface area contributed by atoms with Crippen molar-refractivity contribution in [3.05, 3.63) is 70.7 Å². The molecule has 0 spiro atoms. The van der Waals surface area contributed by atoms with Gasteiger partial charge in [0.2, 0.25) is 0 Å². The lowest BCUT2D eigenvalue weighted by Crippen LogP contribution is -2.48. The van der Waals surface area contributed by atoms with Gasteiger partial charge in [0.25, 0.3) is 5.92 Å². The number of aromatic nitrogens is 1. The SMILES string of the molecule is C[C@H]1Nc2nccc3c(cc(C4(C#N)CC4)cc23)CCCCCCCN2CC(C2)CC(F)(F)c2cccc1c2F. The Kier molecular flexibility index (Phi) is 7.25. The summed E-state index contributed by atoms with van der Waals surface area (Å²) in [6.45, 7) is 4.04. The number of pyridine rings is 1. The third kappa shape index (κ3) is 5.19. The van der Waals surface area contributed by atoms with Crippen molar-refractivity contribution in [1.82, 2.24) is 9.88 Å². The fraction of sp³-hybridized carbons (Fsp3) is 0.515. The molecule has 1 aromatic heterocycles. The van der Waals surface area contributed by atoms with Crippen LogP contribution in [-0.2, 0) is 17.8 Å². The Labute approximate surface area is 234 Å². The maximum absolute atomic E-state index is 15.7. The Morgan fingerprint density at radius 1 is 1.02 bits per heavy atom. The van der Waals surface area contributed by atoms with Crippen molar-refractivity contribution in [3.8, 4) is 6.07 Å². The molecule has 0 radical (unpaired) electrons. The van der Waals surface area contributed by atoms with E-state index >= 15 is 13.2 Å². The number of anilines is 1. The monoisotopic (exact) mass is 546 g/mol. The largest absolute Gasteiger partial charge is 0.363 e. The minimum absolute atomic E-state index is 0.117. The molecule has 4 nitrogen and oxygen atoms in total. The molecular formula is C33H37F3N4. The van der Waals surface area contributed by atoms with Crippen molar-refractivity contribution in [2.75, 3.05) is 25.0 Å². The lowest BCUT2D eigenvalue weighted by Gasteiger charge is -2.41. The molecular weight excluding hydrogens is 509 g/mol. The van der Waals surface area contributed by atoms with Crippen LogP contribution < -0.4 is 5.32 Å². The minimum atomic E-state index is -3.23. The van der Waals surface area contributed by atoms with E-state index in [0.717, 1.165) is 74.2 Å². The Morgan fingerprint density at radius 3 is 2.58 bits per heavy atom. The Balaban J connectivity index is 1.38. The van der Waals surface area contributed by atoms with Crippen LogP contribution in [0.5, 0.6) is 0 Å². The number of nitrogens with one attached hydrogen (secondary N) is 1. The summed E-state index contributed by atoms with van der Waals surface area (Å²) >= 11 is 0. The van der Waals surface area contributed by atoms with Gasteiger partial charge in [-0.05, 0) is 80.1 Å².